The Kier molecular flexibility index (Phi) is 5.67. The van der Waals surface area contributed by atoms with Gasteiger partial charge in [-0.05, 0) is 25.3 Å². The zero-order chi connectivity index (χ0) is 14.5. The molecule has 0 aromatic heterocycles. The molecule has 110 valence electrons. The van der Waals surface area contributed by atoms with Gasteiger partial charge in [-0.1, -0.05) is 38.1 Å². The van der Waals surface area contributed by atoms with Crippen LogP contribution in [-0.2, 0) is 6.42 Å². The number of thioether (sulfide) groups is 1. The molecule has 3 heteroatoms. The third-order valence-corrected chi connectivity index (χ3v) is 5.57. The van der Waals surface area contributed by atoms with E-state index >= 15 is 0 Å². The molecule has 0 saturated carbocycles. The largest absolute Gasteiger partial charge is 0.292 e. The van der Waals surface area contributed by atoms with Crippen molar-refractivity contribution >= 4 is 17.5 Å². The van der Waals surface area contributed by atoms with Crippen LogP contribution in [-0.4, -0.2) is 40.8 Å². The summed E-state index contributed by atoms with van der Waals surface area (Å²) in [6.07, 6.45) is 2.21. The van der Waals surface area contributed by atoms with Crippen molar-refractivity contribution in [3.8, 4) is 0 Å². The van der Waals surface area contributed by atoms with Crippen molar-refractivity contribution in [2.75, 3.05) is 18.8 Å². The van der Waals surface area contributed by atoms with Gasteiger partial charge in [0.1, 0.15) is 0 Å². The van der Waals surface area contributed by atoms with Crippen molar-refractivity contribution in [1.29, 1.82) is 0 Å². The van der Waals surface area contributed by atoms with E-state index < -0.39 is 0 Å². The summed E-state index contributed by atoms with van der Waals surface area (Å²) in [6, 6.07) is 8.10. The number of carbonyl (C=O) groups is 1. The summed E-state index contributed by atoms with van der Waals surface area (Å²) in [5, 5.41) is 0.682. The minimum Gasteiger partial charge on any atom is -0.292 e. The van der Waals surface area contributed by atoms with E-state index in [-0.39, 0.29) is 11.8 Å². The SMILES string of the molecule is CCc1ccc(C(=O)C(C)N2CCSC(CC)C2)cc1. The molecule has 2 atom stereocenters. The standard InChI is InChI=1S/C17H25NOS/c1-4-14-6-8-15(9-7-14)17(19)13(3)18-10-11-20-16(5-2)12-18/h6-9,13,16H,4-5,10-12H2,1-3H3. The molecule has 1 saturated heterocycles. The minimum absolute atomic E-state index is 0.00238. The van der Waals surface area contributed by atoms with E-state index in [1.807, 2.05) is 23.9 Å². The summed E-state index contributed by atoms with van der Waals surface area (Å²) >= 11 is 2.04. The molecule has 1 aromatic carbocycles. The molecule has 2 nitrogen and oxygen atoms in total. The van der Waals surface area contributed by atoms with Crippen LogP contribution in [0.4, 0.5) is 0 Å². The number of benzene rings is 1. The quantitative estimate of drug-likeness (QED) is 0.772. The lowest BCUT2D eigenvalue weighted by Gasteiger charge is -2.35. The van der Waals surface area contributed by atoms with E-state index in [0.717, 1.165) is 30.8 Å². The molecule has 0 spiro atoms. The van der Waals surface area contributed by atoms with Gasteiger partial charge in [0.05, 0.1) is 6.04 Å². The molecule has 0 N–H and O–H groups in total. The van der Waals surface area contributed by atoms with Crippen molar-refractivity contribution in [1.82, 2.24) is 4.90 Å². The van der Waals surface area contributed by atoms with E-state index in [4.69, 9.17) is 0 Å². The lowest BCUT2D eigenvalue weighted by Crippen LogP contribution is -2.46. The van der Waals surface area contributed by atoms with Gasteiger partial charge in [-0.25, -0.2) is 0 Å². The Labute approximate surface area is 126 Å². The van der Waals surface area contributed by atoms with Crippen LogP contribution in [0.15, 0.2) is 24.3 Å². The third kappa shape index (κ3) is 3.64. The number of hydrogen-bond donors (Lipinski definition) is 0. The summed E-state index contributed by atoms with van der Waals surface area (Å²) in [4.78, 5) is 14.9. The maximum absolute atomic E-state index is 12.6. The topological polar surface area (TPSA) is 20.3 Å². The highest BCUT2D eigenvalue weighted by molar-refractivity contribution is 8.00. The lowest BCUT2D eigenvalue weighted by atomic mass is 10.0. The molecular weight excluding hydrogens is 266 g/mol. The third-order valence-electron chi connectivity index (χ3n) is 4.20. The molecule has 1 aromatic rings. The van der Waals surface area contributed by atoms with Gasteiger partial charge < -0.3 is 0 Å². The van der Waals surface area contributed by atoms with Gasteiger partial charge >= 0.3 is 0 Å². The Morgan fingerprint density at radius 2 is 2.05 bits per heavy atom. The molecule has 0 radical (unpaired) electrons. The first kappa shape index (κ1) is 15.6. The second-order valence-corrected chi connectivity index (χ2v) is 6.89. The maximum atomic E-state index is 12.6. The molecule has 1 aliphatic heterocycles. The second kappa shape index (κ2) is 7.28. The van der Waals surface area contributed by atoms with Gasteiger partial charge in [-0.2, -0.15) is 11.8 Å². The van der Waals surface area contributed by atoms with Crippen LogP contribution in [0.5, 0.6) is 0 Å². The van der Waals surface area contributed by atoms with Crippen molar-refractivity contribution < 1.29 is 4.79 Å². The van der Waals surface area contributed by atoms with E-state index in [9.17, 15) is 4.79 Å². The summed E-state index contributed by atoms with van der Waals surface area (Å²) < 4.78 is 0. The Morgan fingerprint density at radius 1 is 1.35 bits per heavy atom. The zero-order valence-electron chi connectivity index (χ0n) is 12.8. The summed E-state index contributed by atoms with van der Waals surface area (Å²) in [5.74, 6) is 1.40. The van der Waals surface area contributed by atoms with Gasteiger partial charge in [0.2, 0.25) is 0 Å². The van der Waals surface area contributed by atoms with E-state index in [1.54, 1.807) is 0 Å². The highest BCUT2D eigenvalue weighted by Crippen LogP contribution is 2.23. The van der Waals surface area contributed by atoms with Crippen LogP contribution in [0.1, 0.15) is 43.1 Å². The first-order valence-electron chi connectivity index (χ1n) is 7.64. The van der Waals surface area contributed by atoms with Crippen molar-refractivity contribution in [2.45, 2.75) is 44.9 Å². The van der Waals surface area contributed by atoms with Crippen LogP contribution in [0.2, 0.25) is 0 Å². The predicted molar refractivity (Wildman–Crippen MR) is 87.7 cm³/mol. The van der Waals surface area contributed by atoms with Crippen LogP contribution in [0.3, 0.4) is 0 Å². The molecule has 0 amide bonds. The molecule has 20 heavy (non-hydrogen) atoms. The molecule has 2 rings (SSSR count). The van der Waals surface area contributed by atoms with Crippen LogP contribution in [0.25, 0.3) is 0 Å². The van der Waals surface area contributed by atoms with Gasteiger partial charge in [0.25, 0.3) is 0 Å². The van der Waals surface area contributed by atoms with E-state index in [1.165, 1.54) is 12.0 Å². The Morgan fingerprint density at radius 3 is 2.65 bits per heavy atom. The van der Waals surface area contributed by atoms with Crippen LogP contribution < -0.4 is 0 Å². The van der Waals surface area contributed by atoms with Gasteiger partial charge in [0.15, 0.2) is 5.78 Å². The lowest BCUT2D eigenvalue weighted by molar-refractivity contribution is 0.0842. The molecule has 0 aliphatic carbocycles. The van der Waals surface area contributed by atoms with Gasteiger partial charge in [-0.3, -0.25) is 9.69 Å². The smallest absolute Gasteiger partial charge is 0.179 e. The number of hydrogen-bond acceptors (Lipinski definition) is 3. The Hall–Kier alpha value is -0.800. The fraction of sp³-hybridized carbons (Fsp3) is 0.588. The molecule has 2 unspecified atom stereocenters. The Balaban J connectivity index is 2.03. The average Bonchev–Trinajstić information content (AvgIpc) is 2.53. The number of carbonyl (C=O) groups excluding carboxylic acids is 1. The second-order valence-electron chi connectivity index (χ2n) is 5.49. The maximum Gasteiger partial charge on any atom is 0.179 e. The summed E-state index contributed by atoms with van der Waals surface area (Å²) in [5.41, 5.74) is 2.13. The monoisotopic (exact) mass is 291 g/mol. The molecule has 1 aliphatic rings. The van der Waals surface area contributed by atoms with E-state index in [0.29, 0.717) is 5.25 Å². The highest BCUT2D eigenvalue weighted by Gasteiger charge is 2.27. The van der Waals surface area contributed by atoms with Crippen molar-refractivity contribution in [3.63, 3.8) is 0 Å². The fourth-order valence-corrected chi connectivity index (χ4v) is 3.86. The zero-order valence-corrected chi connectivity index (χ0v) is 13.6. The summed E-state index contributed by atoms with van der Waals surface area (Å²) in [7, 11) is 0. The average molecular weight is 291 g/mol. The molecule has 1 heterocycles. The first-order chi connectivity index (χ1) is 9.65. The van der Waals surface area contributed by atoms with E-state index in [2.05, 4.69) is 37.8 Å². The van der Waals surface area contributed by atoms with Crippen molar-refractivity contribution in [2.24, 2.45) is 0 Å². The van der Waals surface area contributed by atoms with Crippen LogP contribution in [0, 0.1) is 0 Å². The molecule has 0 bridgehead atoms. The fourth-order valence-electron chi connectivity index (χ4n) is 2.65. The number of nitrogens with zero attached hydrogens (tertiary/aromatic N) is 1. The number of Topliss-reactive ketones (excluding diaryl/α,β-unsaturated/α-hetero) is 1. The first-order valence-corrected chi connectivity index (χ1v) is 8.69. The normalized spacial score (nSPS) is 21.6. The summed E-state index contributed by atoms with van der Waals surface area (Å²) in [6.45, 7) is 8.49. The highest BCUT2D eigenvalue weighted by atomic mass is 32.2. The Bertz CT molecular complexity index is 443. The number of ketones is 1. The van der Waals surface area contributed by atoms with Gasteiger partial charge in [0, 0.05) is 29.7 Å². The molecular formula is C17H25NOS. The minimum atomic E-state index is -0.00238. The van der Waals surface area contributed by atoms with Crippen LogP contribution >= 0.6 is 11.8 Å². The predicted octanol–water partition coefficient (Wildman–Crippen LogP) is 3.65. The molecule has 1 fully saturated rings. The van der Waals surface area contributed by atoms with Gasteiger partial charge in [-0.15, -0.1) is 0 Å². The van der Waals surface area contributed by atoms with Crippen molar-refractivity contribution in [3.05, 3.63) is 35.4 Å². The number of rotatable bonds is 5. The number of aryl methyl sites for hydroxylation is 1.